The summed E-state index contributed by atoms with van der Waals surface area (Å²) in [7, 11) is 0. The summed E-state index contributed by atoms with van der Waals surface area (Å²) in [5.74, 6) is 1.97. The zero-order valence-electron chi connectivity index (χ0n) is 13.7. The number of nitrogens with one attached hydrogen (secondary N) is 1. The first-order valence-corrected chi connectivity index (χ1v) is 8.91. The molecule has 0 radical (unpaired) electrons. The van der Waals surface area contributed by atoms with Crippen molar-refractivity contribution in [2.75, 3.05) is 26.3 Å². The van der Waals surface area contributed by atoms with E-state index < -0.39 is 0 Å². The van der Waals surface area contributed by atoms with Crippen molar-refractivity contribution >= 4 is 5.91 Å². The van der Waals surface area contributed by atoms with Crippen molar-refractivity contribution in [3.05, 3.63) is 17.7 Å². The molecule has 2 aliphatic heterocycles. The molecule has 23 heavy (non-hydrogen) atoms. The number of carbonyl (C=O) groups is 1. The third kappa shape index (κ3) is 3.58. The molecule has 1 aliphatic carbocycles. The molecule has 6 heteroatoms. The summed E-state index contributed by atoms with van der Waals surface area (Å²) >= 11 is 0. The number of amides is 1. The van der Waals surface area contributed by atoms with Crippen LogP contribution in [0.2, 0.25) is 0 Å². The Balaban J connectivity index is 1.34. The highest BCUT2D eigenvalue weighted by Gasteiger charge is 2.27. The van der Waals surface area contributed by atoms with Crippen molar-refractivity contribution in [3.63, 3.8) is 0 Å². The van der Waals surface area contributed by atoms with Crippen LogP contribution < -0.4 is 5.32 Å². The first-order chi connectivity index (χ1) is 11.3. The highest BCUT2D eigenvalue weighted by Crippen LogP contribution is 2.32. The Labute approximate surface area is 137 Å². The van der Waals surface area contributed by atoms with Crippen molar-refractivity contribution in [1.82, 2.24) is 19.8 Å². The quantitative estimate of drug-likeness (QED) is 0.878. The molecule has 126 valence electrons. The third-order valence-corrected chi connectivity index (χ3v) is 5.31. The number of carbonyl (C=O) groups excluding carboxylic acids is 1. The van der Waals surface area contributed by atoms with Crippen molar-refractivity contribution in [2.24, 2.45) is 5.92 Å². The monoisotopic (exact) mass is 318 g/mol. The number of rotatable bonds is 5. The van der Waals surface area contributed by atoms with Gasteiger partial charge in [-0.05, 0) is 25.2 Å². The molecular weight excluding hydrogens is 292 g/mol. The largest absolute Gasteiger partial charge is 0.380 e. The Kier molecular flexibility index (Phi) is 4.35. The van der Waals surface area contributed by atoms with Crippen LogP contribution in [0.4, 0.5) is 0 Å². The van der Waals surface area contributed by atoms with E-state index in [2.05, 4.69) is 19.8 Å². The zero-order chi connectivity index (χ0) is 15.6. The molecule has 1 amide bonds. The molecule has 1 saturated heterocycles. The second-order valence-corrected chi connectivity index (χ2v) is 7.05. The van der Waals surface area contributed by atoms with E-state index in [1.165, 1.54) is 12.8 Å². The molecule has 4 rings (SSSR count). The molecule has 6 nitrogen and oxygen atoms in total. The summed E-state index contributed by atoms with van der Waals surface area (Å²) in [6.45, 7) is 5.42. The van der Waals surface area contributed by atoms with Gasteiger partial charge >= 0.3 is 0 Å². The average Bonchev–Trinajstić information content (AvgIpc) is 3.10. The fourth-order valence-corrected chi connectivity index (χ4v) is 3.67. The van der Waals surface area contributed by atoms with Gasteiger partial charge in [-0.2, -0.15) is 0 Å². The number of ether oxygens (including phenoxy) is 1. The molecule has 1 aromatic heterocycles. The van der Waals surface area contributed by atoms with Gasteiger partial charge < -0.3 is 14.6 Å². The van der Waals surface area contributed by atoms with Crippen LogP contribution in [0.5, 0.6) is 0 Å². The van der Waals surface area contributed by atoms with Gasteiger partial charge in [-0.3, -0.25) is 9.69 Å². The van der Waals surface area contributed by atoms with E-state index >= 15 is 0 Å². The van der Waals surface area contributed by atoms with Gasteiger partial charge in [0, 0.05) is 45.1 Å². The van der Waals surface area contributed by atoms with Gasteiger partial charge in [0.25, 0.3) is 0 Å². The second-order valence-electron chi connectivity index (χ2n) is 7.05. The fourth-order valence-electron chi connectivity index (χ4n) is 3.67. The van der Waals surface area contributed by atoms with Crippen LogP contribution in [0.25, 0.3) is 0 Å². The number of hydrogen-bond donors (Lipinski definition) is 1. The predicted octanol–water partition coefficient (Wildman–Crippen LogP) is 0.946. The lowest BCUT2D eigenvalue weighted by molar-refractivity contribution is -0.121. The van der Waals surface area contributed by atoms with Gasteiger partial charge in [0.1, 0.15) is 5.82 Å². The smallest absolute Gasteiger partial charge is 0.220 e. The van der Waals surface area contributed by atoms with E-state index in [0.29, 0.717) is 24.9 Å². The molecular formula is C17H26N4O2. The summed E-state index contributed by atoms with van der Waals surface area (Å²) in [4.78, 5) is 19.0. The van der Waals surface area contributed by atoms with Gasteiger partial charge in [0.05, 0.1) is 25.0 Å². The lowest BCUT2D eigenvalue weighted by Crippen LogP contribution is -2.37. The topological polar surface area (TPSA) is 59.4 Å². The van der Waals surface area contributed by atoms with Crippen LogP contribution in [-0.4, -0.2) is 52.7 Å². The molecule has 3 aliphatic rings. The Morgan fingerprint density at radius 2 is 2.22 bits per heavy atom. The molecule has 1 N–H and O–H groups in total. The van der Waals surface area contributed by atoms with Crippen LogP contribution in [0.1, 0.15) is 37.2 Å². The van der Waals surface area contributed by atoms with Gasteiger partial charge in [-0.25, -0.2) is 4.98 Å². The molecule has 2 fully saturated rings. The second kappa shape index (κ2) is 6.61. The Bertz CT molecular complexity index is 561. The zero-order valence-corrected chi connectivity index (χ0v) is 13.7. The van der Waals surface area contributed by atoms with Crippen molar-refractivity contribution in [2.45, 2.75) is 51.2 Å². The molecule has 1 unspecified atom stereocenters. The highest BCUT2D eigenvalue weighted by molar-refractivity contribution is 5.76. The van der Waals surface area contributed by atoms with Crippen LogP contribution >= 0.6 is 0 Å². The van der Waals surface area contributed by atoms with E-state index in [-0.39, 0.29) is 5.91 Å². The van der Waals surface area contributed by atoms with E-state index in [9.17, 15) is 4.79 Å². The van der Waals surface area contributed by atoms with Crippen LogP contribution in [-0.2, 0) is 29.0 Å². The molecule has 3 heterocycles. The minimum absolute atomic E-state index is 0.182. The summed E-state index contributed by atoms with van der Waals surface area (Å²) in [6, 6.07) is 0.571. The standard InChI is InChI=1S/C17H26N4O2/c22-17(9-13-1-2-13)19-11-15-10-18-16-3-5-20(6-7-21(15)16)14-4-8-23-12-14/h10,13-14H,1-9,11-12H2,(H,19,22). The predicted molar refractivity (Wildman–Crippen MR) is 85.9 cm³/mol. The molecule has 0 spiro atoms. The van der Waals surface area contributed by atoms with Crippen molar-refractivity contribution in [1.29, 1.82) is 0 Å². The fraction of sp³-hybridized carbons (Fsp3) is 0.765. The van der Waals surface area contributed by atoms with E-state index in [4.69, 9.17) is 4.74 Å². The highest BCUT2D eigenvalue weighted by atomic mass is 16.5. The minimum Gasteiger partial charge on any atom is -0.380 e. The number of aromatic nitrogens is 2. The summed E-state index contributed by atoms with van der Waals surface area (Å²) in [5.41, 5.74) is 1.13. The lowest BCUT2D eigenvalue weighted by atomic mass is 10.2. The minimum atomic E-state index is 0.182. The van der Waals surface area contributed by atoms with Crippen LogP contribution in [0, 0.1) is 5.92 Å². The van der Waals surface area contributed by atoms with Crippen molar-refractivity contribution < 1.29 is 9.53 Å². The summed E-state index contributed by atoms with van der Waals surface area (Å²) in [6.07, 6.45) is 7.18. The van der Waals surface area contributed by atoms with E-state index in [1.54, 1.807) is 0 Å². The van der Waals surface area contributed by atoms with Crippen LogP contribution in [0.15, 0.2) is 6.20 Å². The van der Waals surface area contributed by atoms with E-state index in [1.807, 2.05) is 6.20 Å². The SMILES string of the molecule is O=C(CC1CC1)NCc1cnc2n1CCN(C1CCOC1)CC2. The van der Waals surface area contributed by atoms with Gasteiger partial charge in [-0.15, -0.1) is 0 Å². The molecule has 1 saturated carbocycles. The molecule has 1 atom stereocenters. The number of nitrogens with zero attached hydrogens (tertiary/aromatic N) is 3. The van der Waals surface area contributed by atoms with Gasteiger partial charge in [-0.1, -0.05) is 0 Å². The maximum atomic E-state index is 11.9. The average molecular weight is 318 g/mol. The molecule has 1 aromatic rings. The van der Waals surface area contributed by atoms with Crippen molar-refractivity contribution in [3.8, 4) is 0 Å². The Morgan fingerprint density at radius 1 is 1.30 bits per heavy atom. The Hall–Kier alpha value is -1.40. The summed E-state index contributed by atoms with van der Waals surface area (Å²) in [5, 5.41) is 3.06. The third-order valence-electron chi connectivity index (χ3n) is 5.31. The Morgan fingerprint density at radius 3 is 3.00 bits per heavy atom. The van der Waals surface area contributed by atoms with Crippen LogP contribution in [0.3, 0.4) is 0 Å². The number of fused-ring (bicyclic) bond motifs is 1. The first-order valence-electron chi connectivity index (χ1n) is 8.91. The van der Waals surface area contributed by atoms with Gasteiger partial charge in [0.2, 0.25) is 5.91 Å². The summed E-state index contributed by atoms with van der Waals surface area (Å²) < 4.78 is 7.82. The molecule has 0 bridgehead atoms. The van der Waals surface area contributed by atoms with Gasteiger partial charge in [0.15, 0.2) is 0 Å². The lowest BCUT2D eigenvalue weighted by Gasteiger charge is -2.25. The molecule has 0 aromatic carbocycles. The normalized spacial score (nSPS) is 25.1. The number of imidazole rings is 1. The number of hydrogen-bond acceptors (Lipinski definition) is 4. The maximum absolute atomic E-state index is 11.9. The van der Waals surface area contributed by atoms with E-state index in [0.717, 1.165) is 57.2 Å². The maximum Gasteiger partial charge on any atom is 0.220 e. The first kappa shape index (κ1) is 15.1.